The molecule has 1 N–H and O–H groups in total. The van der Waals surface area contributed by atoms with Crippen LogP contribution in [0.25, 0.3) is 0 Å². The minimum atomic E-state index is 0.407. The number of benzene rings is 1. The number of anilines is 1. The van der Waals surface area contributed by atoms with Crippen LogP contribution in [0.3, 0.4) is 0 Å². The molecule has 1 fully saturated rings. The van der Waals surface area contributed by atoms with E-state index in [-0.39, 0.29) is 0 Å². The fourth-order valence-corrected chi connectivity index (χ4v) is 2.20. The highest BCUT2D eigenvalue weighted by Crippen LogP contribution is 2.21. The summed E-state index contributed by atoms with van der Waals surface area (Å²) in [6.45, 7) is 6.37. The van der Waals surface area contributed by atoms with Crippen LogP contribution in [0.4, 0.5) is 5.69 Å². The summed E-state index contributed by atoms with van der Waals surface area (Å²) in [5.74, 6) is 0.655. The van der Waals surface area contributed by atoms with Gasteiger partial charge in [0.15, 0.2) is 0 Å². The second kappa shape index (κ2) is 6.06. The van der Waals surface area contributed by atoms with Crippen molar-refractivity contribution in [2.24, 2.45) is 0 Å². The summed E-state index contributed by atoms with van der Waals surface area (Å²) in [5, 5.41) is 3.45. The van der Waals surface area contributed by atoms with Crippen molar-refractivity contribution in [1.29, 1.82) is 0 Å². The first-order chi connectivity index (χ1) is 8.29. The highest BCUT2D eigenvalue weighted by molar-refractivity contribution is 5.45. The Hall–Kier alpha value is -1.02. The highest BCUT2D eigenvalue weighted by atomic mass is 16.5. The first-order valence-corrected chi connectivity index (χ1v) is 6.75. The molecule has 1 aliphatic rings. The van der Waals surface area contributed by atoms with Crippen LogP contribution in [0.2, 0.25) is 0 Å². The van der Waals surface area contributed by atoms with Crippen molar-refractivity contribution in [1.82, 2.24) is 0 Å². The van der Waals surface area contributed by atoms with E-state index in [1.165, 1.54) is 30.5 Å². The number of hydrogen-bond acceptors (Lipinski definition) is 2. The molecule has 2 nitrogen and oxygen atoms in total. The molecule has 0 saturated carbocycles. The standard InChI is InChI=1S/C15H23NO/c1-3-12(2)13-6-8-14(9-7-13)16-11-15-5-4-10-17-15/h6-9,12,15-16H,3-5,10-11H2,1-2H3. The topological polar surface area (TPSA) is 21.3 Å². The van der Waals surface area contributed by atoms with Crippen LogP contribution in [0.15, 0.2) is 24.3 Å². The lowest BCUT2D eigenvalue weighted by atomic mass is 9.99. The lowest BCUT2D eigenvalue weighted by molar-refractivity contribution is 0.120. The van der Waals surface area contributed by atoms with E-state index < -0.39 is 0 Å². The van der Waals surface area contributed by atoms with Crippen LogP contribution in [0.5, 0.6) is 0 Å². The van der Waals surface area contributed by atoms with Crippen LogP contribution >= 0.6 is 0 Å². The van der Waals surface area contributed by atoms with Gasteiger partial charge in [0.05, 0.1) is 6.10 Å². The van der Waals surface area contributed by atoms with E-state index in [1.807, 2.05) is 0 Å². The van der Waals surface area contributed by atoms with E-state index in [9.17, 15) is 0 Å². The Bertz CT molecular complexity index is 327. The van der Waals surface area contributed by atoms with Crippen molar-refractivity contribution in [3.63, 3.8) is 0 Å². The van der Waals surface area contributed by atoms with Crippen molar-refractivity contribution in [2.75, 3.05) is 18.5 Å². The molecule has 0 aliphatic carbocycles. The molecule has 94 valence electrons. The van der Waals surface area contributed by atoms with Gasteiger partial charge < -0.3 is 10.1 Å². The van der Waals surface area contributed by atoms with Gasteiger partial charge in [-0.2, -0.15) is 0 Å². The number of ether oxygens (including phenoxy) is 1. The minimum Gasteiger partial charge on any atom is -0.382 e. The molecular formula is C15H23NO. The molecule has 2 rings (SSSR count). The van der Waals surface area contributed by atoms with E-state index in [0.29, 0.717) is 12.0 Å². The third-order valence-electron chi connectivity index (χ3n) is 3.65. The van der Waals surface area contributed by atoms with E-state index in [1.54, 1.807) is 0 Å². The monoisotopic (exact) mass is 233 g/mol. The molecule has 1 saturated heterocycles. The van der Waals surface area contributed by atoms with Crippen LogP contribution in [-0.4, -0.2) is 19.3 Å². The third-order valence-corrected chi connectivity index (χ3v) is 3.65. The molecule has 0 amide bonds. The summed E-state index contributed by atoms with van der Waals surface area (Å²) in [5.41, 5.74) is 2.63. The smallest absolute Gasteiger partial charge is 0.0748 e. The third kappa shape index (κ3) is 3.47. The molecule has 2 atom stereocenters. The van der Waals surface area contributed by atoms with Crippen molar-refractivity contribution in [3.8, 4) is 0 Å². The van der Waals surface area contributed by atoms with Crippen molar-refractivity contribution in [2.45, 2.75) is 45.1 Å². The molecule has 17 heavy (non-hydrogen) atoms. The maximum Gasteiger partial charge on any atom is 0.0748 e. The predicted octanol–water partition coefficient (Wildman–Crippen LogP) is 3.79. The fraction of sp³-hybridized carbons (Fsp3) is 0.600. The maximum atomic E-state index is 5.59. The van der Waals surface area contributed by atoms with Gasteiger partial charge in [-0.1, -0.05) is 26.0 Å². The summed E-state index contributed by atoms with van der Waals surface area (Å²) in [4.78, 5) is 0. The second-order valence-electron chi connectivity index (χ2n) is 4.95. The van der Waals surface area contributed by atoms with Crippen LogP contribution in [0, 0.1) is 0 Å². The Morgan fingerprint density at radius 1 is 1.35 bits per heavy atom. The van der Waals surface area contributed by atoms with Crippen LogP contribution < -0.4 is 5.32 Å². The zero-order chi connectivity index (χ0) is 12.1. The second-order valence-corrected chi connectivity index (χ2v) is 4.95. The Morgan fingerprint density at radius 3 is 2.71 bits per heavy atom. The Kier molecular flexibility index (Phi) is 4.43. The molecule has 0 bridgehead atoms. The largest absolute Gasteiger partial charge is 0.382 e. The van der Waals surface area contributed by atoms with Crippen molar-refractivity contribution < 1.29 is 4.74 Å². The van der Waals surface area contributed by atoms with Gasteiger partial charge in [0.2, 0.25) is 0 Å². The Morgan fingerprint density at radius 2 is 2.12 bits per heavy atom. The summed E-state index contributed by atoms with van der Waals surface area (Å²) < 4.78 is 5.59. The van der Waals surface area contributed by atoms with Gasteiger partial charge in [-0.05, 0) is 42.9 Å². The predicted molar refractivity (Wildman–Crippen MR) is 72.6 cm³/mol. The van der Waals surface area contributed by atoms with Gasteiger partial charge in [-0.15, -0.1) is 0 Å². The van der Waals surface area contributed by atoms with Gasteiger partial charge in [0.25, 0.3) is 0 Å². The van der Waals surface area contributed by atoms with Crippen LogP contribution in [0.1, 0.15) is 44.6 Å². The summed E-state index contributed by atoms with van der Waals surface area (Å²) in [6.07, 6.45) is 4.00. The maximum absolute atomic E-state index is 5.59. The van der Waals surface area contributed by atoms with Gasteiger partial charge in [-0.3, -0.25) is 0 Å². The van der Waals surface area contributed by atoms with E-state index in [0.717, 1.165) is 13.2 Å². The Balaban J connectivity index is 1.84. The lowest BCUT2D eigenvalue weighted by Gasteiger charge is -2.13. The molecule has 0 radical (unpaired) electrons. The lowest BCUT2D eigenvalue weighted by Crippen LogP contribution is -2.18. The first-order valence-electron chi connectivity index (χ1n) is 6.75. The zero-order valence-corrected chi connectivity index (χ0v) is 10.9. The van der Waals surface area contributed by atoms with Gasteiger partial charge in [0.1, 0.15) is 0 Å². The molecule has 2 heteroatoms. The first kappa shape index (κ1) is 12.4. The van der Waals surface area contributed by atoms with Crippen molar-refractivity contribution in [3.05, 3.63) is 29.8 Å². The van der Waals surface area contributed by atoms with E-state index in [2.05, 4.69) is 43.4 Å². The fourth-order valence-electron chi connectivity index (χ4n) is 2.20. The van der Waals surface area contributed by atoms with Gasteiger partial charge in [-0.25, -0.2) is 0 Å². The molecule has 2 unspecified atom stereocenters. The summed E-state index contributed by atoms with van der Waals surface area (Å²) in [7, 11) is 0. The van der Waals surface area contributed by atoms with Gasteiger partial charge in [0, 0.05) is 18.8 Å². The minimum absolute atomic E-state index is 0.407. The molecule has 0 spiro atoms. The highest BCUT2D eigenvalue weighted by Gasteiger charge is 2.14. The molecule has 1 aromatic carbocycles. The average Bonchev–Trinajstić information content (AvgIpc) is 2.89. The van der Waals surface area contributed by atoms with Crippen molar-refractivity contribution >= 4 is 5.69 Å². The van der Waals surface area contributed by atoms with Gasteiger partial charge >= 0.3 is 0 Å². The van der Waals surface area contributed by atoms with Crippen LogP contribution in [-0.2, 0) is 4.74 Å². The molecule has 1 aliphatic heterocycles. The summed E-state index contributed by atoms with van der Waals surface area (Å²) >= 11 is 0. The number of nitrogens with one attached hydrogen (secondary N) is 1. The quantitative estimate of drug-likeness (QED) is 0.835. The molecule has 0 aromatic heterocycles. The zero-order valence-electron chi connectivity index (χ0n) is 10.9. The average molecular weight is 233 g/mol. The van der Waals surface area contributed by atoms with E-state index >= 15 is 0 Å². The normalized spacial score (nSPS) is 21.4. The molecular weight excluding hydrogens is 210 g/mol. The summed E-state index contributed by atoms with van der Waals surface area (Å²) in [6, 6.07) is 8.81. The number of hydrogen-bond donors (Lipinski definition) is 1. The molecule has 1 heterocycles. The Labute approximate surface area is 104 Å². The molecule has 1 aromatic rings. The number of rotatable bonds is 5. The SMILES string of the molecule is CCC(C)c1ccc(NCC2CCCO2)cc1. The van der Waals surface area contributed by atoms with E-state index in [4.69, 9.17) is 4.74 Å².